The van der Waals surface area contributed by atoms with E-state index in [1.807, 2.05) is 13.0 Å². The highest BCUT2D eigenvalue weighted by molar-refractivity contribution is 6.32. The third kappa shape index (κ3) is 13.6. The molecule has 0 radical (unpaired) electrons. The monoisotopic (exact) mass is 438 g/mol. The number of carbonyl (C=O) groups is 2. The molecular formula is C25H39ClO4. The summed E-state index contributed by atoms with van der Waals surface area (Å²) in [5.41, 5.74) is 0.948. The van der Waals surface area contributed by atoms with Gasteiger partial charge in [0.15, 0.2) is 0 Å². The third-order valence-corrected chi connectivity index (χ3v) is 5.42. The van der Waals surface area contributed by atoms with E-state index >= 15 is 0 Å². The maximum atomic E-state index is 11.9. The number of unbranched alkanes of at least 4 members (excludes halogenated alkanes) is 11. The Morgan fingerprint density at radius 1 is 0.800 bits per heavy atom. The number of aryl methyl sites for hydroxylation is 1. The van der Waals surface area contributed by atoms with Gasteiger partial charge in [0, 0.05) is 0 Å². The maximum absolute atomic E-state index is 11.9. The zero-order valence-electron chi connectivity index (χ0n) is 18.8. The molecule has 0 aromatic heterocycles. The van der Waals surface area contributed by atoms with Gasteiger partial charge >= 0.3 is 11.9 Å². The van der Waals surface area contributed by atoms with E-state index in [9.17, 15) is 9.59 Å². The lowest BCUT2D eigenvalue weighted by Crippen LogP contribution is -2.13. The van der Waals surface area contributed by atoms with Crippen molar-refractivity contribution >= 4 is 23.5 Å². The smallest absolute Gasteiger partial charge is 0.311 e. The highest BCUT2D eigenvalue weighted by atomic mass is 35.5. The summed E-state index contributed by atoms with van der Waals surface area (Å²) < 4.78 is 10.4. The molecule has 0 aliphatic heterocycles. The van der Waals surface area contributed by atoms with Crippen LogP contribution < -0.4 is 4.74 Å². The molecular weight excluding hydrogens is 400 g/mol. The Hall–Kier alpha value is -1.55. The van der Waals surface area contributed by atoms with Crippen molar-refractivity contribution in [2.24, 2.45) is 0 Å². The van der Waals surface area contributed by atoms with Gasteiger partial charge in [-0.3, -0.25) is 9.59 Å². The fourth-order valence-electron chi connectivity index (χ4n) is 3.27. The summed E-state index contributed by atoms with van der Waals surface area (Å²) in [6.07, 6.45) is 15.3. The van der Waals surface area contributed by atoms with Gasteiger partial charge in [0.25, 0.3) is 0 Å². The van der Waals surface area contributed by atoms with Crippen molar-refractivity contribution < 1.29 is 19.1 Å². The van der Waals surface area contributed by atoms with Gasteiger partial charge < -0.3 is 9.47 Å². The summed E-state index contributed by atoms with van der Waals surface area (Å²) in [7, 11) is 0. The molecule has 0 unspecified atom stereocenters. The summed E-state index contributed by atoms with van der Waals surface area (Å²) in [6, 6.07) is 5.22. The van der Waals surface area contributed by atoms with Crippen molar-refractivity contribution in [3.63, 3.8) is 0 Å². The molecule has 0 fully saturated rings. The maximum Gasteiger partial charge on any atom is 0.311 e. The molecule has 170 valence electrons. The lowest BCUT2D eigenvalue weighted by molar-refractivity contribution is -0.147. The van der Waals surface area contributed by atoms with E-state index in [0.717, 1.165) is 18.4 Å². The van der Waals surface area contributed by atoms with Crippen LogP contribution in [0.5, 0.6) is 5.75 Å². The van der Waals surface area contributed by atoms with Crippen LogP contribution in [0.3, 0.4) is 0 Å². The van der Waals surface area contributed by atoms with Crippen molar-refractivity contribution in [2.45, 2.75) is 104 Å². The molecule has 0 aliphatic carbocycles. The number of ether oxygens (including phenoxy) is 2. The van der Waals surface area contributed by atoms with Crippen molar-refractivity contribution in [3.05, 3.63) is 28.8 Å². The van der Waals surface area contributed by atoms with E-state index in [4.69, 9.17) is 21.1 Å². The first kappa shape index (κ1) is 26.5. The van der Waals surface area contributed by atoms with E-state index in [1.165, 1.54) is 64.2 Å². The van der Waals surface area contributed by atoms with Crippen LogP contribution in [0.25, 0.3) is 0 Å². The second-order valence-corrected chi connectivity index (χ2v) is 8.42. The van der Waals surface area contributed by atoms with Gasteiger partial charge in [0.05, 0.1) is 24.5 Å². The number of benzene rings is 1. The van der Waals surface area contributed by atoms with Crippen molar-refractivity contribution in [2.75, 3.05) is 6.61 Å². The Kier molecular flexibility index (Phi) is 15.2. The summed E-state index contributed by atoms with van der Waals surface area (Å²) >= 11 is 6.00. The first-order chi connectivity index (χ1) is 14.5. The average molecular weight is 439 g/mol. The molecule has 0 heterocycles. The number of rotatable bonds is 17. The van der Waals surface area contributed by atoms with Gasteiger partial charge in [0.2, 0.25) is 0 Å². The molecule has 0 atom stereocenters. The lowest BCUT2D eigenvalue weighted by Gasteiger charge is -2.07. The van der Waals surface area contributed by atoms with Gasteiger partial charge in [-0.2, -0.15) is 0 Å². The van der Waals surface area contributed by atoms with Crippen LogP contribution in [-0.2, 0) is 14.3 Å². The van der Waals surface area contributed by atoms with E-state index in [-0.39, 0.29) is 18.8 Å². The van der Waals surface area contributed by atoms with Crippen LogP contribution in [0.2, 0.25) is 5.02 Å². The second kappa shape index (κ2) is 17.2. The van der Waals surface area contributed by atoms with E-state index < -0.39 is 5.97 Å². The standard InChI is InChI=1S/C25H39ClO4/c1-3-4-5-6-7-8-9-10-11-12-13-14-19-29-24(27)17-18-25(28)30-23-20-21(2)15-16-22(23)26/h15-16,20H,3-14,17-19H2,1-2H3. The highest BCUT2D eigenvalue weighted by Gasteiger charge is 2.12. The molecule has 0 saturated heterocycles. The first-order valence-corrected chi connectivity index (χ1v) is 12.0. The van der Waals surface area contributed by atoms with Crippen molar-refractivity contribution in [3.8, 4) is 5.75 Å². The summed E-state index contributed by atoms with van der Waals surface area (Å²) in [6.45, 7) is 4.57. The molecule has 0 spiro atoms. The first-order valence-electron chi connectivity index (χ1n) is 11.7. The number of carbonyl (C=O) groups excluding carboxylic acids is 2. The number of esters is 2. The van der Waals surface area contributed by atoms with Gasteiger partial charge in [-0.05, 0) is 31.0 Å². The summed E-state index contributed by atoms with van der Waals surface area (Å²) in [4.78, 5) is 23.6. The van der Waals surface area contributed by atoms with Crippen LogP contribution in [0.4, 0.5) is 0 Å². The molecule has 4 nitrogen and oxygen atoms in total. The zero-order chi connectivity index (χ0) is 22.0. The largest absolute Gasteiger partial charge is 0.466 e. The Balaban J connectivity index is 1.95. The molecule has 0 N–H and O–H groups in total. The SMILES string of the molecule is CCCCCCCCCCCCCCOC(=O)CCC(=O)Oc1cc(C)ccc1Cl. The minimum Gasteiger partial charge on any atom is -0.466 e. The molecule has 0 aliphatic rings. The average Bonchev–Trinajstić information content (AvgIpc) is 2.72. The highest BCUT2D eigenvalue weighted by Crippen LogP contribution is 2.25. The Labute approximate surface area is 187 Å². The van der Waals surface area contributed by atoms with Crippen LogP contribution in [0.1, 0.15) is 102 Å². The fourth-order valence-corrected chi connectivity index (χ4v) is 3.42. The van der Waals surface area contributed by atoms with Gasteiger partial charge in [-0.15, -0.1) is 0 Å². The molecule has 1 aromatic carbocycles. The third-order valence-electron chi connectivity index (χ3n) is 5.10. The summed E-state index contributed by atoms with van der Waals surface area (Å²) in [5, 5.41) is 0.378. The number of hydrogen-bond donors (Lipinski definition) is 0. The van der Waals surface area contributed by atoms with Crippen molar-refractivity contribution in [1.29, 1.82) is 0 Å². The molecule has 0 amide bonds. The quantitative estimate of drug-likeness (QED) is 0.143. The summed E-state index contributed by atoms with van der Waals surface area (Å²) in [5.74, 6) is -0.512. The van der Waals surface area contributed by atoms with Gasteiger partial charge in [-0.1, -0.05) is 95.2 Å². The molecule has 1 rings (SSSR count). The van der Waals surface area contributed by atoms with Crippen LogP contribution in [0, 0.1) is 6.92 Å². The molecule has 0 saturated carbocycles. The van der Waals surface area contributed by atoms with E-state index in [0.29, 0.717) is 17.4 Å². The molecule has 1 aromatic rings. The van der Waals surface area contributed by atoms with Crippen LogP contribution in [0.15, 0.2) is 18.2 Å². The minimum atomic E-state index is -0.482. The molecule has 5 heteroatoms. The Morgan fingerprint density at radius 2 is 1.33 bits per heavy atom. The second-order valence-electron chi connectivity index (χ2n) is 8.02. The zero-order valence-corrected chi connectivity index (χ0v) is 19.6. The van der Waals surface area contributed by atoms with Crippen molar-refractivity contribution in [1.82, 2.24) is 0 Å². The van der Waals surface area contributed by atoms with Gasteiger partial charge in [0.1, 0.15) is 5.75 Å². The Bertz CT molecular complexity index is 615. The predicted molar refractivity (Wildman–Crippen MR) is 123 cm³/mol. The van der Waals surface area contributed by atoms with E-state index in [2.05, 4.69) is 6.92 Å². The normalized spacial score (nSPS) is 10.8. The number of hydrogen-bond acceptors (Lipinski definition) is 4. The van der Waals surface area contributed by atoms with Crippen LogP contribution in [-0.4, -0.2) is 18.5 Å². The van der Waals surface area contributed by atoms with Gasteiger partial charge in [-0.25, -0.2) is 0 Å². The van der Waals surface area contributed by atoms with E-state index in [1.54, 1.807) is 12.1 Å². The number of halogens is 1. The predicted octanol–water partition coefficient (Wildman–Crippen LogP) is 7.58. The Morgan fingerprint density at radius 3 is 1.93 bits per heavy atom. The fraction of sp³-hybridized carbons (Fsp3) is 0.680. The topological polar surface area (TPSA) is 52.6 Å². The lowest BCUT2D eigenvalue weighted by atomic mass is 10.1. The minimum absolute atomic E-state index is 0.0124. The molecule has 0 bridgehead atoms. The van der Waals surface area contributed by atoms with Crippen LogP contribution >= 0.6 is 11.6 Å². The molecule has 30 heavy (non-hydrogen) atoms.